The molecular formula is C15H20ClNO4S. The number of sulfone groups is 1. The van der Waals surface area contributed by atoms with Gasteiger partial charge in [-0.25, -0.2) is 8.42 Å². The van der Waals surface area contributed by atoms with Crippen molar-refractivity contribution in [1.82, 2.24) is 5.32 Å². The van der Waals surface area contributed by atoms with E-state index in [-0.39, 0.29) is 23.5 Å². The van der Waals surface area contributed by atoms with Gasteiger partial charge in [-0.1, -0.05) is 11.6 Å². The maximum Gasteiger partial charge on any atom is 0.220 e. The zero-order valence-corrected chi connectivity index (χ0v) is 14.0. The van der Waals surface area contributed by atoms with E-state index < -0.39 is 9.84 Å². The van der Waals surface area contributed by atoms with Crippen molar-refractivity contribution >= 4 is 27.3 Å². The number of benzene rings is 1. The van der Waals surface area contributed by atoms with Crippen molar-refractivity contribution in [1.29, 1.82) is 0 Å². The molecule has 22 heavy (non-hydrogen) atoms. The topological polar surface area (TPSA) is 72.5 Å². The normalized spacial score (nSPS) is 19.8. The quantitative estimate of drug-likeness (QED) is 0.801. The van der Waals surface area contributed by atoms with Crippen molar-refractivity contribution in [3.63, 3.8) is 0 Å². The first-order valence-corrected chi connectivity index (χ1v) is 9.44. The summed E-state index contributed by atoms with van der Waals surface area (Å²) in [5.74, 6) is 0.818. The van der Waals surface area contributed by atoms with E-state index in [2.05, 4.69) is 5.32 Å². The molecule has 0 saturated carbocycles. The molecule has 1 fully saturated rings. The second-order valence-electron chi connectivity index (χ2n) is 5.53. The van der Waals surface area contributed by atoms with E-state index in [1.165, 1.54) is 0 Å². The third-order valence-corrected chi connectivity index (χ3v) is 5.74. The first kappa shape index (κ1) is 17.1. The van der Waals surface area contributed by atoms with Crippen LogP contribution in [0, 0.1) is 6.92 Å². The molecular weight excluding hydrogens is 326 g/mol. The van der Waals surface area contributed by atoms with Crippen molar-refractivity contribution in [2.75, 3.05) is 18.1 Å². The minimum absolute atomic E-state index is 0.0549. The van der Waals surface area contributed by atoms with Crippen LogP contribution in [0.1, 0.15) is 24.8 Å². The Balaban J connectivity index is 1.66. The van der Waals surface area contributed by atoms with Gasteiger partial charge in [0.25, 0.3) is 0 Å². The van der Waals surface area contributed by atoms with Crippen LogP contribution in [0.4, 0.5) is 0 Å². The van der Waals surface area contributed by atoms with Crippen LogP contribution in [0.5, 0.6) is 5.75 Å². The van der Waals surface area contributed by atoms with Gasteiger partial charge in [-0.3, -0.25) is 4.79 Å². The minimum Gasteiger partial charge on any atom is -0.494 e. The van der Waals surface area contributed by atoms with Gasteiger partial charge >= 0.3 is 0 Å². The molecule has 0 aliphatic carbocycles. The largest absolute Gasteiger partial charge is 0.494 e. The summed E-state index contributed by atoms with van der Waals surface area (Å²) in [4.78, 5) is 11.7. The SMILES string of the molecule is Cc1cc(OCCCC(=O)N[C@@H]2CCS(=O)(=O)C2)ccc1Cl. The molecule has 122 valence electrons. The molecule has 1 aromatic rings. The summed E-state index contributed by atoms with van der Waals surface area (Å²) in [6.07, 6.45) is 1.41. The Hall–Kier alpha value is -1.27. The molecule has 7 heteroatoms. The van der Waals surface area contributed by atoms with E-state index in [4.69, 9.17) is 16.3 Å². The summed E-state index contributed by atoms with van der Waals surface area (Å²) < 4.78 is 28.2. The van der Waals surface area contributed by atoms with Crippen LogP contribution in [0.2, 0.25) is 5.02 Å². The fourth-order valence-corrected chi connectivity index (χ4v) is 4.13. The summed E-state index contributed by atoms with van der Waals surface area (Å²) >= 11 is 5.93. The van der Waals surface area contributed by atoms with Crippen molar-refractivity contribution in [2.45, 2.75) is 32.2 Å². The lowest BCUT2D eigenvalue weighted by atomic mass is 10.2. The Morgan fingerprint density at radius 2 is 2.23 bits per heavy atom. The maximum atomic E-state index is 11.7. The molecule has 1 aliphatic heterocycles. The average molecular weight is 346 g/mol. The Labute approximate surface area is 135 Å². The fraction of sp³-hybridized carbons (Fsp3) is 0.533. The van der Waals surface area contributed by atoms with Gasteiger partial charge in [-0.15, -0.1) is 0 Å². The third-order valence-electron chi connectivity index (χ3n) is 3.54. The van der Waals surface area contributed by atoms with Gasteiger partial charge in [0.05, 0.1) is 18.1 Å². The Morgan fingerprint density at radius 3 is 2.86 bits per heavy atom. The van der Waals surface area contributed by atoms with Crippen LogP contribution in [-0.2, 0) is 14.6 Å². The molecule has 1 N–H and O–H groups in total. The van der Waals surface area contributed by atoms with E-state index >= 15 is 0 Å². The van der Waals surface area contributed by atoms with E-state index in [0.717, 1.165) is 11.3 Å². The summed E-state index contributed by atoms with van der Waals surface area (Å²) in [6, 6.07) is 5.18. The van der Waals surface area contributed by atoms with Crippen LogP contribution in [0.3, 0.4) is 0 Å². The molecule has 1 aromatic carbocycles. The van der Waals surface area contributed by atoms with Crippen LogP contribution < -0.4 is 10.1 Å². The highest BCUT2D eigenvalue weighted by Gasteiger charge is 2.28. The number of rotatable bonds is 6. The number of amides is 1. The van der Waals surface area contributed by atoms with Gasteiger partial charge in [0, 0.05) is 17.5 Å². The molecule has 1 atom stereocenters. The summed E-state index contributed by atoms with van der Waals surface area (Å²) in [5.41, 5.74) is 0.944. The van der Waals surface area contributed by atoms with Gasteiger partial charge in [0.2, 0.25) is 5.91 Å². The Kier molecular flexibility index (Phi) is 5.69. The molecule has 5 nitrogen and oxygen atoms in total. The zero-order chi connectivity index (χ0) is 16.2. The lowest BCUT2D eigenvalue weighted by Gasteiger charge is -2.11. The molecule has 2 rings (SSSR count). The second kappa shape index (κ2) is 7.33. The third kappa shape index (κ3) is 5.18. The minimum atomic E-state index is -2.96. The molecule has 0 unspecified atom stereocenters. The zero-order valence-electron chi connectivity index (χ0n) is 12.5. The number of carbonyl (C=O) groups excluding carboxylic acids is 1. The molecule has 0 aromatic heterocycles. The van der Waals surface area contributed by atoms with Gasteiger partial charge in [-0.05, 0) is 43.5 Å². The standard InChI is InChI=1S/C15H20ClNO4S/c1-11-9-13(4-5-14(11)16)21-7-2-3-15(18)17-12-6-8-22(19,20)10-12/h4-5,9,12H,2-3,6-8,10H2,1H3,(H,17,18)/t12-/m1/s1. The summed E-state index contributed by atoms with van der Waals surface area (Å²) in [5, 5.41) is 3.45. The number of ether oxygens (including phenoxy) is 1. The van der Waals surface area contributed by atoms with Gasteiger partial charge in [-0.2, -0.15) is 0 Å². The highest BCUT2D eigenvalue weighted by Crippen LogP contribution is 2.21. The van der Waals surface area contributed by atoms with Crippen LogP contribution in [0.15, 0.2) is 18.2 Å². The van der Waals surface area contributed by atoms with Crippen LogP contribution in [0.25, 0.3) is 0 Å². The Morgan fingerprint density at radius 1 is 1.45 bits per heavy atom. The van der Waals surface area contributed by atoms with Crippen LogP contribution >= 0.6 is 11.6 Å². The van der Waals surface area contributed by atoms with Crippen LogP contribution in [-0.4, -0.2) is 38.5 Å². The van der Waals surface area contributed by atoms with Crippen molar-refractivity contribution in [2.24, 2.45) is 0 Å². The van der Waals surface area contributed by atoms with Gasteiger partial charge in [0.1, 0.15) is 5.75 Å². The molecule has 0 radical (unpaired) electrons. The van der Waals surface area contributed by atoms with Crippen molar-refractivity contribution < 1.29 is 17.9 Å². The molecule has 1 heterocycles. The number of hydrogen-bond donors (Lipinski definition) is 1. The predicted molar refractivity (Wildman–Crippen MR) is 86.1 cm³/mol. The van der Waals surface area contributed by atoms with E-state index in [9.17, 15) is 13.2 Å². The highest BCUT2D eigenvalue weighted by atomic mass is 35.5. The smallest absolute Gasteiger partial charge is 0.220 e. The number of hydrogen-bond acceptors (Lipinski definition) is 4. The Bertz CT molecular complexity index is 645. The number of aryl methyl sites for hydroxylation is 1. The van der Waals surface area contributed by atoms with E-state index in [1.807, 2.05) is 13.0 Å². The molecule has 0 bridgehead atoms. The first-order chi connectivity index (χ1) is 10.4. The second-order valence-corrected chi connectivity index (χ2v) is 8.17. The van der Waals surface area contributed by atoms with E-state index in [0.29, 0.717) is 30.9 Å². The lowest BCUT2D eigenvalue weighted by molar-refractivity contribution is -0.121. The molecule has 0 spiro atoms. The van der Waals surface area contributed by atoms with Gasteiger partial charge in [0.15, 0.2) is 9.84 Å². The first-order valence-electron chi connectivity index (χ1n) is 7.24. The molecule has 1 amide bonds. The average Bonchev–Trinajstić information content (AvgIpc) is 2.78. The summed E-state index contributed by atoms with van der Waals surface area (Å²) in [6.45, 7) is 2.33. The van der Waals surface area contributed by atoms with E-state index in [1.54, 1.807) is 12.1 Å². The molecule has 1 saturated heterocycles. The fourth-order valence-electron chi connectivity index (χ4n) is 2.34. The van der Waals surface area contributed by atoms with Crippen molar-refractivity contribution in [3.8, 4) is 5.75 Å². The monoisotopic (exact) mass is 345 g/mol. The number of halogens is 1. The lowest BCUT2D eigenvalue weighted by Crippen LogP contribution is -2.35. The summed E-state index contributed by atoms with van der Waals surface area (Å²) in [7, 11) is -2.96. The number of carbonyl (C=O) groups is 1. The van der Waals surface area contributed by atoms with Crippen molar-refractivity contribution in [3.05, 3.63) is 28.8 Å². The molecule has 1 aliphatic rings. The maximum absolute atomic E-state index is 11.7. The highest BCUT2D eigenvalue weighted by molar-refractivity contribution is 7.91. The van der Waals surface area contributed by atoms with Gasteiger partial charge < -0.3 is 10.1 Å². The predicted octanol–water partition coefficient (Wildman–Crippen LogP) is 2.11. The number of nitrogens with one attached hydrogen (secondary N) is 1.